The number of aromatic hydroxyl groups is 1. The summed E-state index contributed by atoms with van der Waals surface area (Å²) in [4.78, 5) is 4.12. The fraction of sp³-hybridized carbons (Fsp3) is 0.0952. The van der Waals surface area contributed by atoms with Crippen LogP contribution < -0.4 is 9.47 Å². The van der Waals surface area contributed by atoms with E-state index >= 15 is 0 Å². The number of hydrogen-bond donors (Lipinski definition) is 1. The predicted molar refractivity (Wildman–Crippen MR) is 99.9 cm³/mol. The maximum absolute atomic E-state index is 13.1. The van der Waals surface area contributed by atoms with Crippen LogP contribution >= 0.6 is 0 Å². The zero-order chi connectivity index (χ0) is 20.1. The monoisotopic (exact) mass is 387 g/mol. The molecular formula is C21H16F3NO3. The van der Waals surface area contributed by atoms with Crippen molar-refractivity contribution in [2.24, 2.45) is 4.99 Å². The lowest BCUT2D eigenvalue weighted by atomic mass is 10.1. The second-order valence-corrected chi connectivity index (χ2v) is 5.78. The highest BCUT2D eigenvalue weighted by Gasteiger charge is 2.31. The van der Waals surface area contributed by atoms with E-state index in [1.165, 1.54) is 31.5 Å². The van der Waals surface area contributed by atoms with Crippen LogP contribution in [0.4, 0.5) is 18.9 Å². The molecule has 0 aromatic heterocycles. The summed E-state index contributed by atoms with van der Waals surface area (Å²) >= 11 is 0. The molecule has 0 aliphatic heterocycles. The molecule has 0 aliphatic carbocycles. The van der Waals surface area contributed by atoms with E-state index in [0.717, 1.165) is 12.1 Å². The molecule has 0 spiro atoms. The summed E-state index contributed by atoms with van der Waals surface area (Å²) in [5, 5.41) is 9.94. The molecule has 4 nitrogen and oxygen atoms in total. The molecule has 3 aromatic carbocycles. The smallest absolute Gasteiger partial charge is 0.416 e. The van der Waals surface area contributed by atoms with Crippen LogP contribution in [0.2, 0.25) is 0 Å². The van der Waals surface area contributed by atoms with Gasteiger partial charge in [0.1, 0.15) is 22.9 Å². The molecule has 3 aromatic rings. The Morgan fingerprint density at radius 2 is 1.68 bits per heavy atom. The number of ether oxygens (including phenoxy) is 2. The Hall–Kier alpha value is -3.48. The largest absolute Gasteiger partial charge is 0.507 e. The number of methoxy groups -OCH3 is 1. The Labute approximate surface area is 159 Å². The number of alkyl halides is 3. The summed E-state index contributed by atoms with van der Waals surface area (Å²) in [7, 11) is 1.46. The molecule has 0 amide bonds. The van der Waals surface area contributed by atoms with Crippen LogP contribution in [0, 0.1) is 0 Å². The zero-order valence-electron chi connectivity index (χ0n) is 14.8. The lowest BCUT2D eigenvalue weighted by Crippen LogP contribution is -2.04. The number of phenols is 1. The SMILES string of the molecule is COc1ccc(O)c(C=Nc2cc(C(F)(F)F)ccc2Oc2ccccc2)c1. The maximum atomic E-state index is 13.1. The number of para-hydroxylation sites is 1. The van der Waals surface area contributed by atoms with E-state index in [1.807, 2.05) is 0 Å². The lowest BCUT2D eigenvalue weighted by Gasteiger charge is -2.12. The molecule has 0 bridgehead atoms. The van der Waals surface area contributed by atoms with E-state index in [4.69, 9.17) is 9.47 Å². The molecule has 0 fully saturated rings. The number of hydrogen-bond acceptors (Lipinski definition) is 4. The fourth-order valence-corrected chi connectivity index (χ4v) is 2.40. The highest BCUT2D eigenvalue weighted by atomic mass is 19.4. The third-order valence-corrected chi connectivity index (χ3v) is 3.83. The van der Waals surface area contributed by atoms with Crippen molar-refractivity contribution < 1.29 is 27.8 Å². The molecule has 3 rings (SSSR count). The van der Waals surface area contributed by atoms with Gasteiger partial charge in [0, 0.05) is 11.8 Å². The number of phenolic OH excluding ortho intramolecular Hbond substituents is 1. The minimum Gasteiger partial charge on any atom is -0.507 e. The van der Waals surface area contributed by atoms with Gasteiger partial charge in [0.25, 0.3) is 0 Å². The Kier molecular flexibility index (Phi) is 5.54. The summed E-state index contributed by atoms with van der Waals surface area (Å²) in [6.07, 6.45) is -3.27. The van der Waals surface area contributed by atoms with Gasteiger partial charge in [-0.1, -0.05) is 18.2 Å². The lowest BCUT2D eigenvalue weighted by molar-refractivity contribution is -0.137. The quantitative estimate of drug-likeness (QED) is 0.550. The van der Waals surface area contributed by atoms with Crippen molar-refractivity contribution >= 4 is 11.9 Å². The zero-order valence-corrected chi connectivity index (χ0v) is 14.8. The Balaban J connectivity index is 2.01. The molecular weight excluding hydrogens is 371 g/mol. The number of nitrogens with zero attached hydrogens (tertiary/aromatic N) is 1. The molecule has 0 saturated carbocycles. The van der Waals surface area contributed by atoms with Gasteiger partial charge in [-0.3, -0.25) is 4.99 Å². The molecule has 28 heavy (non-hydrogen) atoms. The van der Waals surface area contributed by atoms with E-state index in [1.54, 1.807) is 36.4 Å². The van der Waals surface area contributed by atoms with Crippen molar-refractivity contribution in [3.05, 3.63) is 77.9 Å². The van der Waals surface area contributed by atoms with Crippen LogP contribution in [0.5, 0.6) is 23.0 Å². The van der Waals surface area contributed by atoms with E-state index in [-0.39, 0.29) is 17.2 Å². The van der Waals surface area contributed by atoms with Crippen molar-refractivity contribution in [3.8, 4) is 23.0 Å². The van der Waals surface area contributed by atoms with Gasteiger partial charge in [-0.25, -0.2) is 0 Å². The van der Waals surface area contributed by atoms with E-state index in [0.29, 0.717) is 17.1 Å². The van der Waals surface area contributed by atoms with Crippen molar-refractivity contribution in [1.82, 2.24) is 0 Å². The first-order chi connectivity index (χ1) is 13.4. The van der Waals surface area contributed by atoms with Gasteiger partial charge in [-0.05, 0) is 48.5 Å². The molecule has 0 heterocycles. The van der Waals surface area contributed by atoms with Crippen molar-refractivity contribution in [2.75, 3.05) is 7.11 Å². The summed E-state index contributed by atoms with van der Waals surface area (Å²) < 4.78 is 50.1. The highest BCUT2D eigenvalue weighted by molar-refractivity contribution is 5.86. The van der Waals surface area contributed by atoms with Crippen LogP contribution in [-0.4, -0.2) is 18.4 Å². The Morgan fingerprint density at radius 1 is 0.929 bits per heavy atom. The minimum absolute atomic E-state index is 0.0269. The molecule has 0 aliphatic rings. The molecule has 0 saturated heterocycles. The Morgan fingerprint density at radius 3 is 2.36 bits per heavy atom. The molecule has 0 atom stereocenters. The number of benzene rings is 3. The summed E-state index contributed by atoms with van der Waals surface area (Å²) in [5.41, 5.74) is -0.585. The van der Waals surface area contributed by atoms with Gasteiger partial charge >= 0.3 is 6.18 Å². The topological polar surface area (TPSA) is 51.0 Å². The third-order valence-electron chi connectivity index (χ3n) is 3.83. The second-order valence-electron chi connectivity index (χ2n) is 5.78. The average Bonchev–Trinajstić information content (AvgIpc) is 2.68. The first-order valence-corrected chi connectivity index (χ1v) is 8.22. The molecule has 0 radical (unpaired) electrons. The third kappa shape index (κ3) is 4.62. The number of halogens is 3. The van der Waals surface area contributed by atoms with Gasteiger partial charge in [-0.15, -0.1) is 0 Å². The van der Waals surface area contributed by atoms with Gasteiger partial charge in [0.15, 0.2) is 5.75 Å². The van der Waals surface area contributed by atoms with Crippen molar-refractivity contribution in [2.45, 2.75) is 6.18 Å². The number of rotatable bonds is 5. The van der Waals surface area contributed by atoms with E-state index in [9.17, 15) is 18.3 Å². The van der Waals surface area contributed by atoms with Crippen molar-refractivity contribution in [1.29, 1.82) is 0 Å². The van der Waals surface area contributed by atoms with Gasteiger partial charge in [0.2, 0.25) is 0 Å². The normalized spacial score (nSPS) is 11.6. The second kappa shape index (κ2) is 8.04. The van der Waals surface area contributed by atoms with Gasteiger partial charge in [0.05, 0.1) is 12.7 Å². The molecule has 144 valence electrons. The van der Waals surface area contributed by atoms with Gasteiger partial charge in [-0.2, -0.15) is 13.2 Å². The highest BCUT2D eigenvalue weighted by Crippen LogP contribution is 2.38. The first-order valence-electron chi connectivity index (χ1n) is 8.22. The number of aliphatic imine (C=N–C) groups is 1. The Bertz CT molecular complexity index is 986. The van der Waals surface area contributed by atoms with Crippen LogP contribution in [0.3, 0.4) is 0 Å². The van der Waals surface area contributed by atoms with E-state index < -0.39 is 11.7 Å². The summed E-state index contributed by atoms with van der Waals surface area (Å²) in [6.45, 7) is 0. The first kappa shape index (κ1) is 19.3. The summed E-state index contributed by atoms with van der Waals surface area (Å²) in [5.74, 6) is 1.01. The van der Waals surface area contributed by atoms with Crippen molar-refractivity contribution in [3.63, 3.8) is 0 Å². The minimum atomic E-state index is -4.52. The predicted octanol–water partition coefficient (Wildman–Crippen LogP) is 5.96. The summed E-state index contributed by atoms with van der Waals surface area (Å²) in [6, 6.07) is 16.2. The molecule has 0 unspecified atom stereocenters. The van der Waals surface area contributed by atoms with Crippen LogP contribution in [0.1, 0.15) is 11.1 Å². The van der Waals surface area contributed by atoms with E-state index in [2.05, 4.69) is 4.99 Å². The van der Waals surface area contributed by atoms with Crippen LogP contribution in [0.15, 0.2) is 71.7 Å². The fourth-order valence-electron chi connectivity index (χ4n) is 2.40. The van der Waals surface area contributed by atoms with Gasteiger partial charge < -0.3 is 14.6 Å². The average molecular weight is 387 g/mol. The standard InChI is InChI=1S/C21H16F3NO3/c1-27-17-8-9-19(26)14(11-17)13-25-18-12-15(21(22,23)24)7-10-20(18)28-16-5-3-2-4-6-16/h2-13,26H,1H3. The molecule has 7 heteroatoms. The van der Waals surface area contributed by atoms with Crippen LogP contribution in [0.25, 0.3) is 0 Å². The molecule has 1 N–H and O–H groups in total. The van der Waals surface area contributed by atoms with Crippen LogP contribution in [-0.2, 0) is 6.18 Å². The maximum Gasteiger partial charge on any atom is 0.416 e.